The van der Waals surface area contributed by atoms with Crippen molar-refractivity contribution < 1.29 is 19.1 Å². The van der Waals surface area contributed by atoms with E-state index in [0.29, 0.717) is 18.5 Å². The average molecular weight is 326 g/mol. The summed E-state index contributed by atoms with van der Waals surface area (Å²) in [5.74, 6) is -3.34. The fourth-order valence-corrected chi connectivity index (χ4v) is 2.82. The summed E-state index contributed by atoms with van der Waals surface area (Å²) in [7, 11) is 0. The summed E-state index contributed by atoms with van der Waals surface area (Å²) in [6, 6.07) is 3.86. The van der Waals surface area contributed by atoms with Gasteiger partial charge in [-0.2, -0.15) is 0 Å². The van der Waals surface area contributed by atoms with Crippen LogP contribution in [0.2, 0.25) is 5.02 Å². The first kappa shape index (κ1) is 16.5. The van der Waals surface area contributed by atoms with Crippen molar-refractivity contribution >= 4 is 29.2 Å². The van der Waals surface area contributed by atoms with Crippen LogP contribution in [0.15, 0.2) is 29.3 Å². The molecule has 1 aromatic carbocycles. The standard InChI is InChI=1S/C16H17ClFNO3/c1-8-5-11(12(16(21)22)6-9(8)2)15(20)19-10-3-4-14(18)13(17)7-10/h3-4,7,11-12H,5-6H2,1-2H3,(H,19,20)(H,21,22)/t11-,12-/m1/s1. The molecule has 2 atom stereocenters. The maximum Gasteiger partial charge on any atom is 0.307 e. The van der Waals surface area contributed by atoms with Crippen LogP contribution in [0.4, 0.5) is 10.1 Å². The first-order chi connectivity index (χ1) is 10.3. The Labute approximate surface area is 133 Å². The topological polar surface area (TPSA) is 66.4 Å². The second-order valence-electron chi connectivity index (χ2n) is 5.64. The Morgan fingerprint density at radius 3 is 2.36 bits per heavy atom. The highest BCUT2D eigenvalue weighted by molar-refractivity contribution is 6.31. The summed E-state index contributed by atoms with van der Waals surface area (Å²) in [4.78, 5) is 23.8. The van der Waals surface area contributed by atoms with Crippen LogP contribution in [0.3, 0.4) is 0 Å². The second-order valence-corrected chi connectivity index (χ2v) is 6.05. The molecule has 1 aromatic rings. The Kier molecular flexibility index (Phi) is 4.86. The van der Waals surface area contributed by atoms with Gasteiger partial charge in [0.1, 0.15) is 5.82 Å². The molecule has 1 aliphatic carbocycles. The Bertz CT molecular complexity index is 657. The molecule has 0 saturated heterocycles. The summed E-state index contributed by atoms with van der Waals surface area (Å²) in [6.07, 6.45) is 0.771. The van der Waals surface area contributed by atoms with Crippen LogP contribution in [0.1, 0.15) is 26.7 Å². The summed E-state index contributed by atoms with van der Waals surface area (Å²) in [5, 5.41) is 11.9. The van der Waals surface area contributed by atoms with Gasteiger partial charge in [-0.05, 0) is 44.9 Å². The number of halogens is 2. The first-order valence-electron chi connectivity index (χ1n) is 6.93. The maximum atomic E-state index is 13.1. The molecule has 22 heavy (non-hydrogen) atoms. The molecule has 6 heteroatoms. The molecule has 1 aliphatic rings. The molecule has 2 N–H and O–H groups in total. The molecule has 1 amide bonds. The molecule has 0 radical (unpaired) electrons. The smallest absolute Gasteiger partial charge is 0.307 e. The van der Waals surface area contributed by atoms with Gasteiger partial charge in [-0.25, -0.2) is 4.39 Å². The second kappa shape index (κ2) is 6.48. The third kappa shape index (κ3) is 3.47. The highest BCUT2D eigenvalue weighted by atomic mass is 35.5. The van der Waals surface area contributed by atoms with E-state index >= 15 is 0 Å². The summed E-state index contributed by atoms with van der Waals surface area (Å²) >= 11 is 5.68. The molecule has 2 rings (SSSR count). The molecule has 0 saturated carbocycles. The minimum atomic E-state index is -0.982. The van der Waals surface area contributed by atoms with Gasteiger partial charge in [0.15, 0.2) is 0 Å². The average Bonchev–Trinajstić information content (AvgIpc) is 2.45. The lowest BCUT2D eigenvalue weighted by Gasteiger charge is -2.29. The monoisotopic (exact) mass is 325 g/mol. The van der Waals surface area contributed by atoms with E-state index in [9.17, 15) is 19.1 Å². The van der Waals surface area contributed by atoms with Crippen LogP contribution in [0.25, 0.3) is 0 Å². The molecule has 0 bridgehead atoms. The lowest BCUT2D eigenvalue weighted by molar-refractivity contribution is -0.146. The minimum absolute atomic E-state index is 0.0943. The predicted molar refractivity (Wildman–Crippen MR) is 82.3 cm³/mol. The number of carboxylic acid groups (broad SMARTS) is 1. The number of carboxylic acids is 1. The van der Waals surface area contributed by atoms with Gasteiger partial charge in [0, 0.05) is 5.69 Å². The molecule has 4 nitrogen and oxygen atoms in total. The molecule has 0 aromatic heterocycles. The molecular formula is C16H17ClFNO3. The van der Waals surface area contributed by atoms with Gasteiger partial charge in [-0.3, -0.25) is 9.59 Å². The molecule has 0 fully saturated rings. The van der Waals surface area contributed by atoms with Crippen LogP contribution in [0.5, 0.6) is 0 Å². The van der Waals surface area contributed by atoms with Gasteiger partial charge in [0.05, 0.1) is 16.9 Å². The van der Waals surface area contributed by atoms with E-state index < -0.39 is 23.6 Å². The third-order valence-corrected chi connectivity index (χ3v) is 4.40. The van der Waals surface area contributed by atoms with Crippen molar-refractivity contribution in [1.82, 2.24) is 0 Å². The quantitative estimate of drug-likeness (QED) is 0.829. The maximum absolute atomic E-state index is 13.1. The van der Waals surface area contributed by atoms with E-state index in [1.165, 1.54) is 12.1 Å². The van der Waals surface area contributed by atoms with Crippen molar-refractivity contribution in [2.45, 2.75) is 26.7 Å². The zero-order valence-corrected chi connectivity index (χ0v) is 13.1. The highest BCUT2D eigenvalue weighted by Gasteiger charge is 2.37. The summed E-state index contributed by atoms with van der Waals surface area (Å²) in [6.45, 7) is 3.79. The minimum Gasteiger partial charge on any atom is -0.481 e. The van der Waals surface area contributed by atoms with Gasteiger partial charge >= 0.3 is 5.97 Å². The molecule has 0 heterocycles. The van der Waals surface area contributed by atoms with Crippen molar-refractivity contribution in [1.29, 1.82) is 0 Å². The van der Waals surface area contributed by atoms with Crippen molar-refractivity contribution in [3.8, 4) is 0 Å². The number of amides is 1. The molecular weight excluding hydrogens is 309 g/mol. The molecule has 118 valence electrons. The molecule has 0 spiro atoms. The number of carbonyl (C=O) groups is 2. The number of allylic oxidation sites excluding steroid dienone is 2. The van der Waals surface area contributed by atoms with E-state index in [1.54, 1.807) is 0 Å². The van der Waals surface area contributed by atoms with E-state index in [4.69, 9.17) is 11.6 Å². The fraction of sp³-hybridized carbons (Fsp3) is 0.375. The van der Waals surface area contributed by atoms with Crippen molar-refractivity contribution in [2.75, 3.05) is 5.32 Å². The van der Waals surface area contributed by atoms with Gasteiger partial charge in [-0.1, -0.05) is 22.7 Å². The Hall–Kier alpha value is -1.88. The van der Waals surface area contributed by atoms with Gasteiger partial charge in [-0.15, -0.1) is 0 Å². The van der Waals surface area contributed by atoms with E-state index in [1.807, 2.05) is 13.8 Å². The zero-order valence-electron chi connectivity index (χ0n) is 12.3. The number of rotatable bonds is 3. The van der Waals surface area contributed by atoms with Crippen molar-refractivity contribution in [2.24, 2.45) is 11.8 Å². The first-order valence-corrected chi connectivity index (χ1v) is 7.31. The lowest BCUT2D eigenvalue weighted by Crippen LogP contribution is -2.36. The molecule has 0 aliphatic heterocycles. The van der Waals surface area contributed by atoms with Gasteiger partial charge < -0.3 is 10.4 Å². The third-order valence-electron chi connectivity index (χ3n) is 4.11. The van der Waals surface area contributed by atoms with Crippen molar-refractivity contribution in [3.63, 3.8) is 0 Å². The van der Waals surface area contributed by atoms with Crippen LogP contribution < -0.4 is 5.32 Å². The van der Waals surface area contributed by atoms with Gasteiger partial charge in [0.25, 0.3) is 0 Å². The fourth-order valence-electron chi connectivity index (χ4n) is 2.64. The van der Waals surface area contributed by atoms with Crippen molar-refractivity contribution in [3.05, 3.63) is 40.2 Å². The normalized spacial score (nSPS) is 21.6. The summed E-state index contributed by atoms with van der Waals surface area (Å²) in [5.41, 5.74) is 2.40. The van der Waals surface area contributed by atoms with Crippen LogP contribution >= 0.6 is 11.6 Å². The number of carbonyl (C=O) groups excluding carboxylic acids is 1. The number of aliphatic carboxylic acids is 1. The number of anilines is 1. The van der Waals surface area contributed by atoms with E-state index in [-0.39, 0.29) is 10.9 Å². The number of hydrogen-bond acceptors (Lipinski definition) is 2. The van der Waals surface area contributed by atoms with Gasteiger partial charge in [0.2, 0.25) is 5.91 Å². The highest BCUT2D eigenvalue weighted by Crippen LogP contribution is 2.35. The SMILES string of the molecule is CC1=C(C)C[C@@H](C(=O)Nc2ccc(F)c(Cl)c2)[C@H](C(=O)O)C1. The van der Waals surface area contributed by atoms with E-state index in [0.717, 1.165) is 17.2 Å². The zero-order chi connectivity index (χ0) is 16.4. The Morgan fingerprint density at radius 2 is 1.82 bits per heavy atom. The summed E-state index contributed by atoms with van der Waals surface area (Å²) < 4.78 is 13.1. The molecule has 0 unspecified atom stereocenters. The predicted octanol–water partition coefficient (Wildman–Crippen LogP) is 3.86. The van der Waals surface area contributed by atoms with Crippen LogP contribution in [0, 0.1) is 17.7 Å². The number of benzene rings is 1. The Morgan fingerprint density at radius 1 is 1.23 bits per heavy atom. The van der Waals surface area contributed by atoms with E-state index in [2.05, 4.69) is 5.32 Å². The van der Waals surface area contributed by atoms with Crippen LogP contribution in [-0.4, -0.2) is 17.0 Å². The Balaban J connectivity index is 2.19. The number of hydrogen-bond donors (Lipinski definition) is 2. The number of nitrogens with one attached hydrogen (secondary N) is 1. The lowest BCUT2D eigenvalue weighted by atomic mass is 9.76. The largest absolute Gasteiger partial charge is 0.481 e. The van der Waals surface area contributed by atoms with Crippen LogP contribution in [-0.2, 0) is 9.59 Å².